The molecule has 0 radical (unpaired) electrons. The normalized spacial score (nSPS) is 10.8. The maximum Gasteiger partial charge on any atom is 0.268 e. The number of aryl methyl sites for hydroxylation is 1. The number of anilines is 1. The zero-order chi connectivity index (χ0) is 14.1. The average molecular weight is 287 g/mol. The summed E-state index contributed by atoms with van der Waals surface area (Å²) in [7, 11) is 0. The highest BCUT2D eigenvalue weighted by Gasteiger charge is 2.14. The van der Waals surface area contributed by atoms with Crippen molar-refractivity contribution < 1.29 is 9.63 Å². The summed E-state index contributed by atoms with van der Waals surface area (Å²) < 4.78 is 5.29. The molecule has 0 aliphatic rings. The molecule has 0 bridgehead atoms. The van der Waals surface area contributed by atoms with Crippen molar-refractivity contribution in [3.8, 4) is 16.5 Å². The van der Waals surface area contributed by atoms with E-state index < -0.39 is 0 Å². The van der Waals surface area contributed by atoms with E-state index in [4.69, 9.17) is 10.3 Å². The van der Waals surface area contributed by atoms with E-state index in [9.17, 15) is 5.11 Å². The molecule has 3 rings (SSSR count). The van der Waals surface area contributed by atoms with E-state index in [-0.39, 0.29) is 5.75 Å². The first-order chi connectivity index (χ1) is 9.61. The van der Waals surface area contributed by atoms with Gasteiger partial charge in [-0.15, -0.1) is 11.3 Å². The number of hydrogen-bond acceptors (Lipinski definition) is 6. The molecular formula is C14H13N3O2S. The number of nitrogens with zero attached hydrogens (tertiary/aromatic N) is 2. The van der Waals surface area contributed by atoms with Crippen LogP contribution in [0.5, 0.6) is 5.75 Å². The summed E-state index contributed by atoms with van der Waals surface area (Å²) in [6.07, 6.45) is 0.559. The third kappa shape index (κ3) is 2.50. The number of thiophene rings is 1. The summed E-state index contributed by atoms with van der Waals surface area (Å²) in [5, 5.41) is 14.0. The summed E-state index contributed by atoms with van der Waals surface area (Å²) >= 11 is 1.44. The fourth-order valence-corrected chi connectivity index (χ4v) is 2.79. The molecule has 102 valence electrons. The van der Waals surface area contributed by atoms with Gasteiger partial charge >= 0.3 is 0 Å². The minimum atomic E-state index is 0.243. The fourth-order valence-electron chi connectivity index (χ4n) is 1.93. The highest BCUT2D eigenvalue weighted by molar-refractivity contribution is 7.19. The molecule has 1 aromatic carbocycles. The van der Waals surface area contributed by atoms with Crippen molar-refractivity contribution in [3.05, 3.63) is 47.3 Å². The summed E-state index contributed by atoms with van der Waals surface area (Å²) in [6.45, 7) is 1.96. The topological polar surface area (TPSA) is 85.2 Å². The van der Waals surface area contributed by atoms with Crippen molar-refractivity contribution in [1.29, 1.82) is 0 Å². The lowest BCUT2D eigenvalue weighted by Crippen LogP contribution is -1.90. The Labute approximate surface area is 119 Å². The number of aromatic hydroxyl groups is 1. The first-order valence-corrected chi connectivity index (χ1v) is 6.90. The van der Waals surface area contributed by atoms with Crippen LogP contribution >= 0.6 is 11.3 Å². The van der Waals surface area contributed by atoms with Crippen LogP contribution in [0.15, 0.2) is 34.9 Å². The van der Waals surface area contributed by atoms with Crippen LogP contribution in [0.2, 0.25) is 0 Å². The monoisotopic (exact) mass is 287 g/mol. The average Bonchev–Trinajstić information content (AvgIpc) is 2.99. The zero-order valence-electron chi connectivity index (χ0n) is 10.8. The SMILES string of the molecule is Cc1cc(N)sc1-c1nc(Cc2ccc(O)cc2)no1. The van der Waals surface area contributed by atoms with Crippen LogP contribution in [0, 0.1) is 6.92 Å². The molecule has 0 aliphatic heterocycles. The minimum absolute atomic E-state index is 0.243. The van der Waals surface area contributed by atoms with Gasteiger partial charge in [0.1, 0.15) is 5.75 Å². The molecule has 6 heteroatoms. The third-order valence-electron chi connectivity index (χ3n) is 2.90. The van der Waals surface area contributed by atoms with Gasteiger partial charge in [0.15, 0.2) is 5.82 Å². The molecule has 20 heavy (non-hydrogen) atoms. The van der Waals surface area contributed by atoms with Gasteiger partial charge in [0.05, 0.1) is 9.88 Å². The lowest BCUT2D eigenvalue weighted by molar-refractivity contribution is 0.424. The van der Waals surface area contributed by atoms with Crippen molar-refractivity contribution in [3.63, 3.8) is 0 Å². The summed E-state index contributed by atoms with van der Waals surface area (Å²) in [5.41, 5.74) is 7.81. The lowest BCUT2D eigenvalue weighted by Gasteiger charge is -1.96. The van der Waals surface area contributed by atoms with Crippen LogP contribution in [0.4, 0.5) is 5.00 Å². The predicted molar refractivity (Wildman–Crippen MR) is 77.7 cm³/mol. The van der Waals surface area contributed by atoms with E-state index in [1.54, 1.807) is 12.1 Å². The van der Waals surface area contributed by atoms with Gasteiger partial charge in [-0.3, -0.25) is 0 Å². The van der Waals surface area contributed by atoms with Gasteiger partial charge < -0.3 is 15.4 Å². The Kier molecular flexibility index (Phi) is 3.15. The molecule has 0 aliphatic carbocycles. The van der Waals surface area contributed by atoms with Gasteiger partial charge in [0.2, 0.25) is 0 Å². The van der Waals surface area contributed by atoms with Crippen LogP contribution in [0.25, 0.3) is 10.8 Å². The zero-order valence-corrected chi connectivity index (χ0v) is 11.6. The van der Waals surface area contributed by atoms with Crippen LogP contribution in [-0.2, 0) is 6.42 Å². The summed E-state index contributed by atoms with van der Waals surface area (Å²) in [5.74, 6) is 1.35. The van der Waals surface area contributed by atoms with Gasteiger partial charge in [-0.05, 0) is 36.2 Å². The lowest BCUT2D eigenvalue weighted by atomic mass is 10.1. The number of nitrogen functional groups attached to an aromatic ring is 1. The Bertz CT molecular complexity index is 731. The number of hydrogen-bond donors (Lipinski definition) is 2. The highest BCUT2D eigenvalue weighted by Crippen LogP contribution is 2.32. The Morgan fingerprint density at radius 3 is 2.70 bits per heavy atom. The van der Waals surface area contributed by atoms with Crippen LogP contribution in [0.3, 0.4) is 0 Å². The molecule has 0 saturated carbocycles. The molecule has 3 aromatic rings. The van der Waals surface area contributed by atoms with Crippen molar-refractivity contribution in [1.82, 2.24) is 10.1 Å². The molecule has 0 atom stereocenters. The molecule has 2 heterocycles. The number of benzene rings is 1. The van der Waals surface area contributed by atoms with Crippen molar-refractivity contribution in [2.24, 2.45) is 0 Å². The van der Waals surface area contributed by atoms with Crippen molar-refractivity contribution in [2.75, 3.05) is 5.73 Å². The minimum Gasteiger partial charge on any atom is -0.508 e. The number of aromatic nitrogens is 2. The van der Waals surface area contributed by atoms with Gasteiger partial charge in [-0.1, -0.05) is 17.3 Å². The third-order valence-corrected chi connectivity index (χ3v) is 3.95. The Balaban J connectivity index is 1.83. The van der Waals surface area contributed by atoms with E-state index in [2.05, 4.69) is 10.1 Å². The second-order valence-electron chi connectivity index (χ2n) is 4.52. The number of phenolic OH excluding ortho intramolecular Hbond substituents is 1. The van der Waals surface area contributed by atoms with E-state index >= 15 is 0 Å². The summed E-state index contributed by atoms with van der Waals surface area (Å²) in [6, 6.07) is 8.84. The van der Waals surface area contributed by atoms with Gasteiger partial charge in [-0.25, -0.2) is 0 Å². The van der Waals surface area contributed by atoms with E-state index in [0.717, 1.165) is 21.0 Å². The molecule has 2 aromatic heterocycles. The highest BCUT2D eigenvalue weighted by atomic mass is 32.1. The molecule has 0 unspecified atom stereocenters. The number of phenols is 1. The van der Waals surface area contributed by atoms with E-state index in [1.165, 1.54) is 11.3 Å². The van der Waals surface area contributed by atoms with Crippen molar-refractivity contribution >= 4 is 16.3 Å². The van der Waals surface area contributed by atoms with Crippen LogP contribution in [-0.4, -0.2) is 15.2 Å². The van der Waals surface area contributed by atoms with Crippen LogP contribution in [0.1, 0.15) is 17.0 Å². The number of nitrogens with two attached hydrogens (primary N) is 1. The first kappa shape index (κ1) is 12.7. The maximum atomic E-state index is 9.25. The molecule has 3 N–H and O–H groups in total. The molecule has 0 saturated heterocycles. The molecule has 0 amide bonds. The Hall–Kier alpha value is -2.34. The largest absolute Gasteiger partial charge is 0.508 e. The molecular weight excluding hydrogens is 274 g/mol. The standard InChI is InChI=1S/C14H13N3O2S/c1-8-6-11(15)20-13(8)14-16-12(17-19-14)7-9-2-4-10(18)5-3-9/h2-6,18H,7,15H2,1H3. The Morgan fingerprint density at radius 1 is 1.30 bits per heavy atom. The maximum absolute atomic E-state index is 9.25. The Morgan fingerprint density at radius 2 is 2.05 bits per heavy atom. The number of rotatable bonds is 3. The van der Waals surface area contributed by atoms with Gasteiger partial charge in [-0.2, -0.15) is 4.98 Å². The second-order valence-corrected chi connectivity index (χ2v) is 5.60. The molecule has 0 spiro atoms. The van der Waals surface area contributed by atoms with Gasteiger partial charge in [0, 0.05) is 6.42 Å². The van der Waals surface area contributed by atoms with E-state index in [0.29, 0.717) is 18.1 Å². The molecule has 0 fully saturated rings. The predicted octanol–water partition coefficient (Wildman–Crippen LogP) is 2.99. The second kappa shape index (κ2) is 4.97. The van der Waals surface area contributed by atoms with E-state index in [1.807, 2.05) is 25.1 Å². The molecule has 5 nitrogen and oxygen atoms in total. The summed E-state index contributed by atoms with van der Waals surface area (Å²) in [4.78, 5) is 5.30. The van der Waals surface area contributed by atoms with Crippen LogP contribution < -0.4 is 5.73 Å². The van der Waals surface area contributed by atoms with Gasteiger partial charge in [0.25, 0.3) is 5.89 Å². The smallest absolute Gasteiger partial charge is 0.268 e. The van der Waals surface area contributed by atoms with Crippen molar-refractivity contribution in [2.45, 2.75) is 13.3 Å². The first-order valence-electron chi connectivity index (χ1n) is 6.08. The fraction of sp³-hybridized carbons (Fsp3) is 0.143. The quantitative estimate of drug-likeness (QED) is 0.773.